The highest BCUT2D eigenvalue weighted by Gasteiger charge is 2.33. The average Bonchev–Trinajstić information content (AvgIpc) is 3.75. The summed E-state index contributed by atoms with van der Waals surface area (Å²) >= 11 is 0. The van der Waals surface area contributed by atoms with Crippen molar-refractivity contribution in [3.8, 4) is 5.75 Å². The molecule has 0 atom stereocenters. The standard InChI is InChI=1S/C29H29F4N3O4/c1-34(14-17-5-3-2-4-6-17)16-23(31)18-9-11-35(12-10-18)25-22(30)13-20-24(27(25)40-29(32)33)36(19-7-8-19)15-21(26(20)37)28(38)39/h2-6,13,15,19,29H,7-12,14,16H2,1H3,(H,38,39). The molecule has 0 radical (unpaired) electrons. The van der Waals surface area contributed by atoms with Crippen LogP contribution in [-0.2, 0) is 6.54 Å². The average molecular weight is 560 g/mol. The van der Waals surface area contributed by atoms with Crippen LogP contribution in [0.5, 0.6) is 5.75 Å². The fourth-order valence-electron chi connectivity index (χ4n) is 5.30. The Morgan fingerprint density at radius 2 is 1.85 bits per heavy atom. The van der Waals surface area contributed by atoms with Crippen molar-refractivity contribution < 1.29 is 32.2 Å². The predicted molar refractivity (Wildman–Crippen MR) is 142 cm³/mol. The lowest BCUT2D eigenvalue weighted by atomic mass is 10.0. The first-order valence-corrected chi connectivity index (χ1v) is 13.1. The number of nitrogens with zero attached hydrogens (tertiary/aromatic N) is 3. The molecule has 0 unspecified atom stereocenters. The number of rotatable bonds is 9. The number of piperidine rings is 1. The highest BCUT2D eigenvalue weighted by Crippen LogP contribution is 2.45. The number of aromatic nitrogens is 1. The summed E-state index contributed by atoms with van der Waals surface area (Å²) in [7, 11) is 1.82. The third kappa shape index (κ3) is 5.70. The van der Waals surface area contributed by atoms with E-state index in [9.17, 15) is 23.5 Å². The van der Waals surface area contributed by atoms with Crippen molar-refractivity contribution >= 4 is 22.6 Å². The number of benzene rings is 2. The fraction of sp³-hybridized carbons (Fsp3) is 0.379. The quantitative estimate of drug-likeness (QED) is 0.338. The van der Waals surface area contributed by atoms with Crippen LogP contribution >= 0.6 is 0 Å². The second-order valence-electron chi connectivity index (χ2n) is 10.3. The van der Waals surface area contributed by atoms with Crippen LogP contribution in [0.15, 0.2) is 58.8 Å². The van der Waals surface area contributed by atoms with E-state index in [0.717, 1.165) is 17.8 Å². The molecule has 2 fully saturated rings. The number of aromatic carboxylic acids is 1. The monoisotopic (exact) mass is 559 g/mol. The third-order valence-corrected chi connectivity index (χ3v) is 7.35. The van der Waals surface area contributed by atoms with Crippen molar-refractivity contribution in [2.24, 2.45) is 0 Å². The van der Waals surface area contributed by atoms with E-state index in [2.05, 4.69) is 0 Å². The van der Waals surface area contributed by atoms with Gasteiger partial charge in [0.2, 0.25) is 5.43 Å². The number of ether oxygens (including phenoxy) is 1. The number of hydrogen-bond acceptors (Lipinski definition) is 5. The highest BCUT2D eigenvalue weighted by atomic mass is 19.3. The van der Waals surface area contributed by atoms with E-state index in [4.69, 9.17) is 4.74 Å². The number of carboxylic acid groups (broad SMARTS) is 1. The van der Waals surface area contributed by atoms with E-state index in [1.165, 1.54) is 9.47 Å². The predicted octanol–water partition coefficient (Wildman–Crippen LogP) is 5.73. The highest BCUT2D eigenvalue weighted by molar-refractivity contribution is 5.97. The van der Waals surface area contributed by atoms with Crippen molar-refractivity contribution in [2.75, 3.05) is 31.6 Å². The van der Waals surface area contributed by atoms with E-state index in [1.807, 2.05) is 42.3 Å². The van der Waals surface area contributed by atoms with E-state index in [0.29, 0.717) is 25.0 Å². The molecule has 2 heterocycles. The molecule has 2 aliphatic rings. The molecule has 1 N–H and O–H groups in total. The lowest BCUT2D eigenvalue weighted by Crippen LogP contribution is -2.33. The van der Waals surface area contributed by atoms with Gasteiger partial charge in [-0.2, -0.15) is 8.78 Å². The number of alkyl halides is 2. The summed E-state index contributed by atoms with van der Waals surface area (Å²) in [6.07, 6.45) is 2.92. The summed E-state index contributed by atoms with van der Waals surface area (Å²) in [6.45, 7) is -2.35. The van der Waals surface area contributed by atoms with Gasteiger partial charge in [-0.05, 0) is 49.9 Å². The zero-order chi connectivity index (χ0) is 28.6. The Morgan fingerprint density at radius 3 is 2.45 bits per heavy atom. The normalized spacial score (nSPS) is 15.8. The molecule has 5 rings (SSSR count). The molecule has 0 amide bonds. The largest absolute Gasteiger partial charge is 0.477 e. The molecule has 40 heavy (non-hydrogen) atoms. The van der Waals surface area contributed by atoms with E-state index in [-0.39, 0.29) is 60.9 Å². The van der Waals surface area contributed by atoms with Crippen LogP contribution in [-0.4, -0.2) is 53.8 Å². The van der Waals surface area contributed by atoms with Crippen molar-refractivity contribution in [3.05, 3.63) is 81.2 Å². The minimum atomic E-state index is -3.32. The van der Waals surface area contributed by atoms with E-state index >= 15 is 8.78 Å². The molecule has 1 saturated heterocycles. The Hall–Kier alpha value is -3.86. The van der Waals surface area contributed by atoms with Gasteiger partial charge in [-0.15, -0.1) is 0 Å². The second kappa shape index (κ2) is 11.3. The van der Waals surface area contributed by atoms with Gasteiger partial charge in [0.05, 0.1) is 17.4 Å². The molecule has 0 bridgehead atoms. The Balaban J connectivity index is 1.46. The number of hydrogen-bond donors (Lipinski definition) is 1. The van der Waals surface area contributed by atoms with Gasteiger partial charge in [-0.3, -0.25) is 9.69 Å². The van der Waals surface area contributed by atoms with Gasteiger partial charge in [-0.1, -0.05) is 30.3 Å². The molecule has 0 spiro atoms. The lowest BCUT2D eigenvalue weighted by molar-refractivity contribution is -0.0488. The summed E-state index contributed by atoms with van der Waals surface area (Å²) in [5.41, 5.74) is -0.232. The Morgan fingerprint density at radius 1 is 1.18 bits per heavy atom. The second-order valence-corrected chi connectivity index (χ2v) is 10.3. The first-order chi connectivity index (χ1) is 19.1. The Kier molecular flexibility index (Phi) is 7.84. The van der Waals surface area contributed by atoms with Gasteiger partial charge in [0.1, 0.15) is 17.1 Å². The van der Waals surface area contributed by atoms with Gasteiger partial charge in [0.25, 0.3) is 0 Å². The topological polar surface area (TPSA) is 75.0 Å². The van der Waals surface area contributed by atoms with Crippen LogP contribution in [0.25, 0.3) is 10.9 Å². The first-order valence-electron chi connectivity index (χ1n) is 13.1. The van der Waals surface area contributed by atoms with E-state index < -0.39 is 35.1 Å². The summed E-state index contributed by atoms with van der Waals surface area (Å²) in [5, 5.41) is 9.15. The summed E-state index contributed by atoms with van der Waals surface area (Å²) in [6, 6.07) is 10.3. The number of carbonyl (C=O) groups is 1. The minimum absolute atomic E-state index is 0.0655. The number of likely N-dealkylation sites (N-methyl/N-ethyl adjacent to an activating group) is 1. The van der Waals surface area contributed by atoms with Gasteiger partial charge >= 0.3 is 12.6 Å². The summed E-state index contributed by atoms with van der Waals surface area (Å²) in [4.78, 5) is 27.9. The molecule has 3 aromatic rings. The molecule has 11 heteroatoms. The molecule has 2 aromatic carbocycles. The number of fused-ring (bicyclic) bond motifs is 1. The van der Waals surface area contributed by atoms with Crippen LogP contribution < -0.4 is 15.1 Å². The van der Waals surface area contributed by atoms with Crippen molar-refractivity contribution in [1.29, 1.82) is 0 Å². The first kappa shape index (κ1) is 27.7. The molecular weight excluding hydrogens is 530 g/mol. The maximum absolute atomic E-state index is 15.6. The number of pyridine rings is 1. The van der Waals surface area contributed by atoms with Crippen molar-refractivity contribution in [3.63, 3.8) is 0 Å². The fourth-order valence-corrected chi connectivity index (χ4v) is 5.30. The lowest BCUT2D eigenvalue weighted by Gasteiger charge is -2.33. The number of halogens is 4. The zero-order valence-corrected chi connectivity index (χ0v) is 21.9. The maximum atomic E-state index is 15.6. The maximum Gasteiger partial charge on any atom is 0.387 e. The van der Waals surface area contributed by atoms with Crippen molar-refractivity contribution in [1.82, 2.24) is 9.47 Å². The van der Waals surface area contributed by atoms with Crippen LogP contribution in [0.2, 0.25) is 0 Å². The Labute approximate surface area is 227 Å². The molecular formula is C29H29F4N3O4. The van der Waals surface area contributed by atoms with Gasteiger partial charge in [0.15, 0.2) is 11.6 Å². The van der Waals surface area contributed by atoms with Crippen LogP contribution in [0.3, 0.4) is 0 Å². The van der Waals surface area contributed by atoms with Gasteiger partial charge in [-0.25, -0.2) is 13.6 Å². The number of anilines is 1. The minimum Gasteiger partial charge on any atom is -0.477 e. The zero-order valence-electron chi connectivity index (χ0n) is 21.9. The molecule has 1 aromatic heterocycles. The van der Waals surface area contributed by atoms with Crippen LogP contribution in [0.4, 0.5) is 23.2 Å². The molecule has 1 aliphatic heterocycles. The van der Waals surface area contributed by atoms with Crippen LogP contribution in [0, 0.1) is 5.82 Å². The van der Waals surface area contributed by atoms with E-state index in [1.54, 1.807) is 0 Å². The molecule has 212 valence electrons. The summed E-state index contributed by atoms with van der Waals surface area (Å²) < 4.78 is 64.2. The molecule has 7 nitrogen and oxygen atoms in total. The number of carboxylic acids is 1. The molecule has 1 saturated carbocycles. The molecule has 1 aliphatic carbocycles. The third-order valence-electron chi connectivity index (χ3n) is 7.35. The smallest absolute Gasteiger partial charge is 0.387 e. The SMILES string of the molecule is CN(CC(F)=C1CCN(c2c(F)cc3c(=O)c(C(=O)O)cn(C4CC4)c3c2OC(F)F)CC1)Cc1ccccc1. The van der Waals surface area contributed by atoms with Gasteiger partial charge in [0, 0.05) is 31.9 Å². The Bertz CT molecular complexity index is 1510. The van der Waals surface area contributed by atoms with Gasteiger partial charge < -0.3 is 19.3 Å². The van der Waals surface area contributed by atoms with Crippen molar-refractivity contribution in [2.45, 2.75) is 44.9 Å². The van der Waals surface area contributed by atoms with Crippen LogP contribution in [0.1, 0.15) is 47.6 Å². The summed E-state index contributed by atoms with van der Waals surface area (Å²) in [5.74, 6) is -3.26.